The largest absolute Gasteiger partial charge is 0.476 e. The van der Waals surface area contributed by atoms with Gasteiger partial charge in [-0.15, -0.1) is 0 Å². The zero-order chi connectivity index (χ0) is 23.2. The average molecular weight is 448 g/mol. The molecular formula is C24H30ClNO5. The molecule has 6 nitrogen and oxygen atoms in total. The molecule has 0 saturated heterocycles. The van der Waals surface area contributed by atoms with E-state index in [2.05, 4.69) is 0 Å². The van der Waals surface area contributed by atoms with Crippen LogP contribution in [0.15, 0.2) is 36.4 Å². The fourth-order valence-corrected chi connectivity index (χ4v) is 3.34. The third-order valence-corrected chi connectivity index (χ3v) is 4.86. The molecule has 168 valence electrons. The minimum absolute atomic E-state index is 0.190. The Morgan fingerprint density at radius 1 is 1.06 bits per heavy atom. The van der Waals surface area contributed by atoms with Gasteiger partial charge in [0.1, 0.15) is 5.75 Å². The van der Waals surface area contributed by atoms with Crippen LogP contribution >= 0.6 is 11.6 Å². The second-order valence-electron chi connectivity index (χ2n) is 7.81. The molecule has 0 unspecified atom stereocenters. The highest BCUT2D eigenvalue weighted by Gasteiger charge is 2.31. The topological polar surface area (TPSA) is 65.1 Å². The number of carbonyl (C=O) groups is 2. The van der Waals surface area contributed by atoms with Gasteiger partial charge in [-0.25, -0.2) is 4.79 Å². The SMILES string of the molecule is CCOC(=O)C(C)(C)Oc1ccc(CCN(Oc2c(C)cc(Cl)cc2C)C(C)=O)cc1. The highest BCUT2D eigenvalue weighted by Crippen LogP contribution is 2.28. The maximum atomic E-state index is 12.1. The quantitative estimate of drug-likeness (QED) is 0.397. The van der Waals surface area contributed by atoms with Crippen LogP contribution in [-0.4, -0.2) is 35.7 Å². The molecule has 2 aromatic carbocycles. The number of halogens is 1. The van der Waals surface area contributed by atoms with E-state index >= 15 is 0 Å². The molecule has 7 heteroatoms. The molecule has 0 fully saturated rings. The van der Waals surface area contributed by atoms with E-state index in [1.54, 1.807) is 45.0 Å². The number of carbonyl (C=O) groups excluding carboxylic acids is 2. The number of hydrogen-bond acceptors (Lipinski definition) is 5. The fourth-order valence-electron chi connectivity index (χ4n) is 3.01. The van der Waals surface area contributed by atoms with Crippen molar-refractivity contribution in [1.29, 1.82) is 0 Å². The maximum Gasteiger partial charge on any atom is 0.349 e. The van der Waals surface area contributed by atoms with Crippen LogP contribution < -0.4 is 9.57 Å². The van der Waals surface area contributed by atoms with Crippen molar-refractivity contribution >= 4 is 23.5 Å². The first kappa shape index (κ1) is 24.5. The molecule has 2 rings (SSSR count). The highest BCUT2D eigenvalue weighted by molar-refractivity contribution is 6.30. The number of nitrogens with zero attached hydrogens (tertiary/aromatic N) is 1. The summed E-state index contributed by atoms with van der Waals surface area (Å²) in [4.78, 5) is 30.0. The van der Waals surface area contributed by atoms with E-state index in [1.165, 1.54) is 12.0 Å². The van der Waals surface area contributed by atoms with Gasteiger partial charge in [0.2, 0.25) is 0 Å². The van der Waals surface area contributed by atoms with Gasteiger partial charge in [-0.05, 0) is 82.0 Å². The van der Waals surface area contributed by atoms with Gasteiger partial charge in [-0.2, -0.15) is 5.06 Å². The highest BCUT2D eigenvalue weighted by atomic mass is 35.5. The molecule has 0 saturated carbocycles. The van der Waals surface area contributed by atoms with Crippen molar-refractivity contribution < 1.29 is 23.9 Å². The Labute approximate surface area is 189 Å². The molecule has 0 spiro atoms. The smallest absolute Gasteiger partial charge is 0.349 e. The van der Waals surface area contributed by atoms with Crippen LogP contribution in [-0.2, 0) is 20.7 Å². The Morgan fingerprint density at radius 3 is 2.16 bits per heavy atom. The average Bonchev–Trinajstić information content (AvgIpc) is 2.67. The third kappa shape index (κ3) is 6.89. The Kier molecular flexibility index (Phi) is 8.34. The Balaban J connectivity index is 2.02. The van der Waals surface area contributed by atoms with Crippen molar-refractivity contribution in [2.45, 2.75) is 53.6 Å². The minimum atomic E-state index is -1.08. The lowest BCUT2D eigenvalue weighted by atomic mass is 10.1. The summed E-state index contributed by atoms with van der Waals surface area (Å²) in [6.45, 7) is 11.0. The molecule has 2 aromatic rings. The molecule has 0 aliphatic heterocycles. The molecule has 0 radical (unpaired) electrons. The van der Waals surface area contributed by atoms with Gasteiger partial charge in [0.25, 0.3) is 5.91 Å². The number of esters is 1. The van der Waals surface area contributed by atoms with Crippen molar-refractivity contribution in [2.75, 3.05) is 13.2 Å². The van der Waals surface area contributed by atoms with Crippen LogP contribution in [0.4, 0.5) is 0 Å². The first-order chi connectivity index (χ1) is 14.5. The van der Waals surface area contributed by atoms with Crippen LogP contribution in [0, 0.1) is 13.8 Å². The van der Waals surface area contributed by atoms with Gasteiger partial charge >= 0.3 is 5.97 Å². The Bertz CT molecular complexity index is 901. The predicted molar refractivity (Wildman–Crippen MR) is 120 cm³/mol. The zero-order valence-corrected chi connectivity index (χ0v) is 19.7. The Hall–Kier alpha value is -2.73. The summed E-state index contributed by atoms with van der Waals surface area (Å²) < 4.78 is 10.8. The van der Waals surface area contributed by atoms with Crippen molar-refractivity contribution in [1.82, 2.24) is 5.06 Å². The monoisotopic (exact) mass is 447 g/mol. The van der Waals surface area contributed by atoms with E-state index in [4.69, 9.17) is 25.9 Å². The first-order valence-corrected chi connectivity index (χ1v) is 10.6. The van der Waals surface area contributed by atoms with Crippen LogP contribution in [0.2, 0.25) is 5.02 Å². The number of amides is 1. The van der Waals surface area contributed by atoms with Crippen LogP contribution in [0.1, 0.15) is 44.4 Å². The standard InChI is InChI=1S/C24H30ClNO5/c1-7-29-23(28)24(5,6)30-21-10-8-19(9-11-21)12-13-26(18(4)27)31-22-16(2)14-20(25)15-17(22)3/h8-11,14-15H,7,12-13H2,1-6H3. The summed E-state index contributed by atoms with van der Waals surface area (Å²) in [7, 11) is 0. The summed E-state index contributed by atoms with van der Waals surface area (Å²) in [5, 5.41) is 1.97. The first-order valence-electron chi connectivity index (χ1n) is 10.2. The third-order valence-electron chi connectivity index (χ3n) is 4.64. The van der Waals surface area contributed by atoms with E-state index in [0.29, 0.717) is 36.1 Å². The van der Waals surface area contributed by atoms with E-state index in [-0.39, 0.29) is 5.91 Å². The molecule has 0 aromatic heterocycles. The minimum Gasteiger partial charge on any atom is -0.476 e. The lowest BCUT2D eigenvalue weighted by Gasteiger charge is -2.24. The van der Waals surface area contributed by atoms with Gasteiger partial charge < -0.3 is 14.3 Å². The molecular weight excluding hydrogens is 418 g/mol. The molecule has 0 bridgehead atoms. The second kappa shape index (κ2) is 10.5. The normalized spacial score (nSPS) is 11.1. The van der Waals surface area contributed by atoms with Gasteiger partial charge in [-0.3, -0.25) is 4.79 Å². The zero-order valence-electron chi connectivity index (χ0n) is 19.0. The van der Waals surface area contributed by atoms with Crippen molar-refractivity contribution in [3.8, 4) is 11.5 Å². The number of rotatable bonds is 9. The number of hydroxylamine groups is 2. The lowest BCUT2D eigenvalue weighted by Crippen LogP contribution is -2.39. The summed E-state index contributed by atoms with van der Waals surface area (Å²) in [6.07, 6.45) is 0.590. The van der Waals surface area contributed by atoms with Crippen LogP contribution in [0.25, 0.3) is 0 Å². The van der Waals surface area contributed by atoms with Crippen LogP contribution in [0.3, 0.4) is 0 Å². The van der Waals surface area contributed by atoms with Crippen molar-refractivity contribution in [3.63, 3.8) is 0 Å². The summed E-state index contributed by atoms with van der Waals surface area (Å²) in [5.41, 5.74) is 1.65. The Morgan fingerprint density at radius 2 is 1.65 bits per heavy atom. The summed E-state index contributed by atoms with van der Waals surface area (Å²) in [5.74, 6) is 0.587. The molecule has 1 amide bonds. The van der Waals surface area contributed by atoms with Gasteiger partial charge in [0, 0.05) is 11.9 Å². The molecule has 31 heavy (non-hydrogen) atoms. The van der Waals surface area contributed by atoms with Gasteiger partial charge in [0.15, 0.2) is 11.4 Å². The van der Waals surface area contributed by atoms with E-state index in [1.807, 2.05) is 26.0 Å². The molecule has 0 aliphatic rings. The molecule has 0 heterocycles. The lowest BCUT2D eigenvalue weighted by molar-refractivity contribution is -0.158. The van der Waals surface area contributed by atoms with E-state index in [9.17, 15) is 9.59 Å². The molecule has 0 N–H and O–H groups in total. The molecule has 0 atom stereocenters. The van der Waals surface area contributed by atoms with Gasteiger partial charge in [0.05, 0.1) is 13.2 Å². The number of benzene rings is 2. The maximum absolute atomic E-state index is 12.1. The van der Waals surface area contributed by atoms with Crippen molar-refractivity contribution in [3.05, 3.63) is 58.1 Å². The second-order valence-corrected chi connectivity index (χ2v) is 8.24. The fraction of sp³-hybridized carbons (Fsp3) is 0.417. The summed E-state index contributed by atoms with van der Waals surface area (Å²) in [6, 6.07) is 11.0. The van der Waals surface area contributed by atoms with E-state index in [0.717, 1.165) is 16.7 Å². The predicted octanol–water partition coefficient (Wildman–Crippen LogP) is 5.06. The molecule has 0 aliphatic carbocycles. The van der Waals surface area contributed by atoms with Gasteiger partial charge in [-0.1, -0.05) is 23.7 Å². The number of ether oxygens (including phenoxy) is 2. The van der Waals surface area contributed by atoms with Crippen LogP contribution in [0.5, 0.6) is 11.5 Å². The summed E-state index contributed by atoms with van der Waals surface area (Å²) >= 11 is 6.08. The van der Waals surface area contributed by atoms with E-state index < -0.39 is 11.6 Å². The van der Waals surface area contributed by atoms with Crippen molar-refractivity contribution in [2.24, 2.45) is 0 Å². The number of hydrogen-bond donors (Lipinski definition) is 0. The number of aryl methyl sites for hydroxylation is 2.